The van der Waals surface area contributed by atoms with Gasteiger partial charge in [0.25, 0.3) is 5.91 Å². The van der Waals surface area contributed by atoms with Gasteiger partial charge in [-0.3, -0.25) is 9.59 Å². The van der Waals surface area contributed by atoms with Gasteiger partial charge in [0, 0.05) is 23.0 Å². The Bertz CT molecular complexity index is 856. The summed E-state index contributed by atoms with van der Waals surface area (Å²) in [4.78, 5) is 24.5. The molecule has 0 atom stereocenters. The van der Waals surface area contributed by atoms with Crippen molar-refractivity contribution in [3.05, 3.63) is 48.0 Å². The molecule has 0 aliphatic heterocycles. The zero-order valence-corrected chi connectivity index (χ0v) is 16.9. The average molecular weight is 399 g/mol. The number of carbonyl (C=O) groups is 2. The molecule has 0 radical (unpaired) electrons. The lowest BCUT2D eigenvalue weighted by atomic mass is 10.2. The third kappa shape index (κ3) is 6.84. The van der Waals surface area contributed by atoms with Crippen LogP contribution in [0.3, 0.4) is 0 Å². The number of hydrogen-bond donors (Lipinski definition) is 2. The second-order valence-corrected chi connectivity index (χ2v) is 6.07. The van der Waals surface area contributed by atoms with Gasteiger partial charge in [0.15, 0.2) is 0 Å². The molecule has 2 aromatic rings. The Kier molecular flexibility index (Phi) is 8.02. The van der Waals surface area contributed by atoms with Gasteiger partial charge in [0.2, 0.25) is 5.91 Å². The Hall–Kier alpha value is -3.55. The fraction of sp³-hybridized carbons (Fsp3) is 0.286. The van der Waals surface area contributed by atoms with Gasteiger partial charge in [-0.05, 0) is 50.2 Å². The van der Waals surface area contributed by atoms with Crippen molar-refractivity contribution in [2.24, 2.45) is 5.10 Å². The summed E-state index contributed by atoms with van der Waals surface area (Å²) >= 11 is 0. The number of hydrazone groups is 1. The minimum atomic E-state index is -0.437. The van der Waals surface area contributed by atoms with E-state index in [-0.39, 0.29) is 12.3 Å². The van der Waals surface area contributed by atoms with Gasteiger partial charge in [-0.1, -0.05) is 0 Å². The highest BCUT2D eigenvalue weighted by Gasteiger charge is 2.10. The van der Waals surface area contributed by atoms with Crippen LogP contribution >= 0.6 is 0 Å². The summed E-state index contributed by atoms with van der Waals surface area (Å²) in [5.41, 5.74) is 3.87. The van der Waals surface area contributed by atoms with Crippen molar-refractivity contribution in [2.75, 3.05) is 26.1 Å². The summed E-state index contributed by atoms with van der Waals surface area (Å²) in [5.74, 6) is 1.04. The highest BCUT2D eigenvalue weighted by atomic mass is 16.5. The maximum Gasteiger partial charge on any atom is 0.271 e. The summed E-state index contributed by atoms with van der Waals surface area (Å²) in [7, 11) is 3.00. The highest BCUT2D eigenvalue weighted by Crippen LogP contribution is 2.22. The zero-order chi connectivity index (χ0) is 21.2. The molecule has 0 aromatic heterocycles. The van der Waals surface area contributed by atoms with Gasteiger partial charge in [0.05, 0.1) is 27.2 Å². The molecular weight excluding hydrogens is 374 g/mol. The van der Waals surface area contributed by atoms with Gasteiger partial charge < -0.3 is 19.5 Å². The van der Waals surface area contributed by atoms with E-state index in [1.165, 1.54) is 14.2 Å². The first kappa shape index (κ1) is 21.7. The van der Waals surface area contributed by atoms with Crippen LogP contribution in [0.25, 0.3) is 0 Å². The van der Waals surface area contributed by atoms with Crippen molar-refractivity contribution in [3.8, 4) is 17.2 Å². The lowest BCUT2D eigenvalue weighted by Gasteiger charge is -2.08. The van der Waals surface area contributed by atoms with Crippen molar-refractivity contribution < 1.29 is 23.8 Å². The van der Waals surface area contributed by atoms with Crippen LogP contribution in [0.5, 0.6) is 17.2 Å². The number of nitrogens with zero attached hydrogens (tertiary/aromatic N) is 1. The highest BCUT2D eigenvalue weighted by molar-refractivity contribution is 6.06. The Morgan fingerprint density at radius 3 is 2.14 bits per heavy atom. The number of rotatable bonds is 9. The smallest absolute Gasteiger partial charge is 0.271 e. The standard InChI is InChI=1S/C21H25N3O5/c1-5-29-17-8-6-16(7-9-17)22-20(25)10-14(2)23-24-21(26)15-11-18(27-3)13-19(12-15)28-4/h6-9,11-13H,5,10H2,1-4H3,(H,22,25)(H,24,26)/b23-14-. The van der Waals surface area contributed by atoms with E-state index in [9.17, 15) is 9.59 Å². The predicted molar refractivity (Wildman–Crippen MR) is 111 cm³/mol. The van der Waals surface area contributed by atoms with Crippen molar-refractivity contribution in [2.45, 2.75) is 20.3 Å². The number of benzene rings is 2. The molecule has 29 heavy (non-hydrogen) atoms. The Morgan fingerprint density at radius 2 is 1.59 bits per heavy atom. The normalized spacial score (nSPS) is 10.8. The minimum absolute atomic E-state index is 0.0366. The van der Waals surface area contributed by atoms with Crippen molar-refractivity contribution in [1.82, 2.24) is 5.43 Å². The molecule has 0 unspecified atom stereocenters. The Morgan fingerprint density at radius 1 is 0.966 bits per heavy atom. The molecule has 0 spiro atoms. The van der Waals surface area contributed by atoms with Crippen LogP contribution in [0.2, 0.25) is 0 Å². The first-order chi connectivity index (χ1) is 13.9. The first-order valence-corrected chi connectivity index (χ1v) is 9.04. The lowest BCUT2D eigenvalue weighted by molar-refractivity contribution is -0.115. The SMILES string of the molecule is CCOc1ccc(NC(=O)C/C(C)=N\NC(=O)c2cc(OC)cc(OC)c2)cc1. The van der Waals surface area contributed by atoms with Crippen LogP contribution in [0.4, 0.5) is 5.69 Å². The zero-order valence-electron chi connectivity index (χ0n) is 16.9. The van der Waals surface area contributed by atoms with E-state index in [0.29, 0.717) is 35.1 Å². The molecule has 2 rings (SSSR count). The van der Waals surface area contributed by atoms with E-state index in [0.717, 1.165) is 5.75 Å². The summed E-state index contributed by atoms with van der Waals surface area (Å²) in [6.45, 7) is 4.14. The molecule has 2 N–H and O–H groups in total. The average Bonchev–Trinajstić information content (AvgIpc) is 2.73. The van der Waals surface area contributed by atoms with Crippen molar-refractivity contribution in [3.63, 3.8) is 0 Å². The molecule has 2 amide bonds. The number of ether oxygens (including phenoxy) is 3. The quantitative estimate of drug-likeness (QED) is 0.498. The summed E-state index contributed by atoms with van der Waals surface area (Å²) in [6, 6.07) is 11.9. The summed E-state index contributed by atoms with van der Waals surface area (Å²) in [5, 5.41) is 6.76. The Balaban J connectivity index is 1.92. The summed E-state index contributed by atoms with van der Waals surface area (Å²) in [6.07, 6.45) is 0.0366. The maximum absolute atomic E-state index is 12.3. The molecule has 0 fully saturated rings. The van der Waals surface area contributed by atoms with Crippen LogP contribution in [0, 0.1) is 0 Å². The van der Waals surface area contributed by atoms with E-state index in [1.54, 1.807) is 49.4 Å². The summed E-state index contributed by atoms with van der Waals surface area (Å²) < 4.78 is 15.7. The first-order valence-electron chi connectivity index (χ1n) is 9.04. The third-order valence-electron chi connectivity index (χ3n) is 3.83. The predicted octanol–water partition coefficient (Wildman–Crippen LogP) is 3.24. The molecule has 0 saturated heterocycles. The second-order valence-electron chi connectivity index (χ2n) is 6.07. The van der Waals surface area contributed by atoms with Crippen LogP contribution in [-0.4, -0.2) is 38.4 Å². The molecule has 0 aliphatic carbocycles. The maximum atomic E-state index is 12.3. The largest absolute Gasteiger partial charge is 0.497 e. The number of anilines is 1. The number of amides is 2. The monoisotopic (exact) mass is 399 g/mol. The Labute approximate surface area is 169 Å². The van der Waals surface area contributed by atoms with Gasteiger partial charge in [-0.25, -0.2) is 5.43 Å². The molecule has 0 heterocycles. The molecule has 2 aromatic carbocycles. The molecule has 0 saturated carbocycles. The topological polar surface area (TPSA) is 98.2 Å². The van der Waals surface area contributed by atoms with Gasteiger partial charge in [0.1, 0.15) is 17.2 Å². The van der Waals surface area contributed by atoms with Crippen LogP contribution in [0.15, 0.2) is 47.6 Å². The van der Waals surface area contributed by atoms with E-state index in [1.807, 2.05) is 6.92 Å². The minimum Gasteiger partial charge on any atom is -0.497 e. The van der Waals surface area contributed by atoms with Crippen LogP contribution < -0.4 is 25.0 Å². The molecule has 8 heteroatoms. The lowest BCUT2D eigenvalue weighted by Crippen LogP contribution is -2.21. The number of methoxy groups -OCH3 is 2. The van der Waals surface area contributed by atoms with Gasteiger partial charge in [-0.15, -0.1) is 0 Å². The van der Waals surface area contributed by atoms with Crippen LogP contribution in [0.1, 0.15) is 30.6 Å². The molecular formula is C21H25N3O5. The fourth-order valence-electron chi connectivity index (χ4n) is 2.43. The number of carbonyl (C=O) groups excluding carboxylic acids is 2. The number of nitrogens with one attached hydrogen (secondary N) is 2. The van der Waals surface area contributed by atoms with E-state index >= 15 is 0 Å². The molecule has 8 nitrogen and oxygen atoms in total. The van der Waals surface area contributed by atoms with Gasteiger partial charge in [-0.2, -0.15) is 5.10 Å². The van der Waals surface area contributed by atoms with Crippen molar-refractivity contribution in [1.29, 1.82) is 0 Å². The van der Waals surface area contributed by atoms with E-state index in [4.69, 9.17) is 14.2 Å². The molecule has 0 bridgehead atoms. The third-order valence-corrected chi connectivity index (χ3v) is 3.83. The van der Waals surface area contributed by atoms with E-state index in [2.05, 4.69) is 15.8 Å². The van der Waals surface area contributed by atoms with E-state index < -0.39 is 5.91 Å². The fourth-order valence-corrected chi connectivity index (χ4v) is 2.43. The second kappa shape index (κ2) is 10.7. The number of hydrogen-bond acceptors (Lipinski definition) is 6. The molecule has 0 aliphatic rings. The van der Waals surface area contributed by atoms with Gasteiger partial charge >= 0.3 is 0 Å². The molecule has 154 valence electrons. The van der Waals surface area contributed by atoms with Crippen LogP contribution in [-0.2, 0) is 4.79 Å². The van der Waals surface area contributed by atoms with Crippen molar-refractivity contribution >= 4 is 23.2 Å².